The van der Waals surface area contributed by atoms with Crippen LogP contribution >= 0.6 is 0 Å². The normalized spacial score (nSPS) is 20.1. The average Bonchev–Trinajstić information content (AvgIpc) is 3.04. The first kappa shape index (κ1) is 21.2. The highest BCUT2D eigenvalue weighted by Crippen LogP contribution is 2.29. The Morgan fingerprint density at radius 3 is 2.28 bits per heavy atom. The van der Waals surface area contributed by atoms with Crippen molar-refractivity contribution in [3.05, 3.63) is 59.7 Å². The van der Waals surface area contributed by atoms with Crippen molar-refractivity contribution in [2.45, 2.75) is 51.6 Å². The molecule has 3 amide bonds. The third-order valence-corrected chi connectivity index (χ3v) is 7.24. The first-order valence-electron chi connectivity index (χ1n) is 12.2. The molecule has 0 N–H and O–H groups in total. The summed E-state index contributed by atoms with van der Waals surface area (Å²) in [5, 5.41) is 0. The summed E-state index contributed by atoms with van der Waals surface area (Å²) in [6.07, 6.45) is 7.47. The number of nitrogens with zero attached hydrogens (tertiary/aromatic N) is 3. The fourth-order valence-corrected chi connectivity index (χ4v) is 5.08. The Labute approximate surface area is 191 Å². The second-order valence-electron chi connectivity index (χ2n) is 9.67. The Bertz CT molecular complexity index is 961. The van der Waals surface area contributed by atoms with Gasteiger partial charge in [-0.25, -0.2) is 4.79 Å². The van der Waals surface area contributed by atoms with E-state index in [1.165, 1.54) is 60.4 Å². The molecule has 5 heteroatoms. The molecule has 3 fully saturated rings. The van der Waals surface area contributed by atoms with Gasteiger partial charge in [0.15, 0.2) is 0 Å². The second-order valence-corrected chi connectivity index (χ2v) is 9.67. The van der Waals surface area contributed by atoms with Crippen LogP contribution in [0.2, 0.25) is 0 Å². The molecule has 1 saturated carbocycles. The van der Waals surface area contributed by atoms with E-state index in [-0.39, 0.29) is 18.5 Å². The van der Waals surface area contributed by atoms with Gasteiger partial charge in [0.05, 0.1) is 0 Å². The molecule has 2 aromatic carbocycles. The minimum atomic E-state index is -0.128. The van der Waals surface area contributed by atoms with E-state index in [2.05, 4.69) is 53.4 Å². The van der Waals surface area contributed by atoms with Crippen LogP contribution in [0, 0.1) is 5.92 Å². The van der Waals surface area contributed by atoms with Crippen molar-refractivity contribution >= 4 is 11.9 Å². The zero-order valence-electron chi connectivity index (χ0n) is 18.8. The van der Waals surface area contributed by atoms with Gasteiger partial charge >= 0.3 is 6.03 Å². The largest absolute Gasteiger partial charge is 0.327 e. The molecule has 2 saturated heterocycles. The molecule has 2 heterocycles. The molecule has 5 rings (SSSR count). The highest BCUT2D eigenvalue weighted by molar-refractivity contribution is 6.02. The fraction of sp³-hybridized carbons (Fsp3) is 0.481. The van der Waals surface area contributed by atoms with Gasteiger partial charge < -0.3 is 4.90 Å². The number of likely N-dealkylation sites (tertiary alicyclic amines) is 1. The molecule has 2 aliphatic heterocycles. The van der Waals surface area contributed by atoms with Crippen LogP contribution < -0.4 is 0 Å². The summed E-state index contributed by atoms with van der Waals surface area (Å²) in [6, 6.07) is 17.1. The maximum absolute atomic E-state index is 12.7. The van der Waals surface area contributed by atoms with Gasteiger partial charge in [-0.15, -0.1) is 0 Å². The van der Waals surface area contributed by atoms with Crippen LogP contribution in [0.5, 0.6) is 0 Å². The Morgan fingerprint density at radius 2 is 1.56 bits per heavy atom. The predicted octanol–water partition coefficient (Wildman–Crippen LogP) is 4.90. The lowest BCUT2D eigenvalue weighted by Crippen LogP contribution is -2.38. The van der Waals surface area contributed by atoms with Crippen LogP contribution in [0.15, 0.2) is 48.5 Å². The molecular formula is C27H33N3O2. The van der Waals surface area contributed by atoms with E-state index < -0.39 is 0 Å². The fourth-order valence-electron chi connectivity index (χ4n) is 5.08. The standard InChI is InChI=1S/C27H33N3O2/c31-26-20-29(27(32)30(26)19-21-6-4-7-21)18-22-10-12-24(13-11-22)25-9-5-8-23(16-25)17-28-14-2-1-3-15-28/h5,8-13,16,21H,1-4,6-7,14-15,17-20H2. The van der Waals surface area contributed by atoms with Crippen LogP contribution in [-0.2, 0) is 17.9 Å². The second kappa shape index (κ2) is 9.45. The molecular weight excluding hydrogens is 398 g/mol. The quantitative estimate of drug-likeness (QED) is 0.586. The van der Waals surface area contributed by atoms with Crippen molar-refractivity contribution in [3.8, 4) is 11.1 Å². The molecule has 32 heavy (non-hydrogen) atoms. The summed E-state index contributed by atoms with van der Waals surface area (Å²) >= 11 is 0. The van der Waals surface area contributed by atoms with Crippen LogP contribution in [0.25, 0.3) is 11.1 Å². The number of hydrogen-bond acceptors (Lipinski definition) is 3. The monoisotopic (exact) mass is 431 g/mol. The van der Waals surface area contributed by atoms with E-state index in [0.29, 0.717) is 19.0 Å². The van der Waals surface area contributed by atoms with Crippen molar-refractivity contribution < 1.29 is 9.59 Å². The lowest BCUT2D eigenvalue weighted by molar-refractivity contribution is -0.126. The maximum Gasteiger partial charge on any atom is 0.327 e. The molecule has 168 valence electrons. The highest BCUT2D eigenvalue weighted by Gasteiger charge is 2.37. The first-order valence-corrected chi connectivity index (χ1v) is 12.2. The molecule has 0 radical (unpaired) electrons. The molecule has 1 aliphatic carbocycles. The molecule has 0 spiro atoms. The van der Waals surface area contributed by atoms with E-state index in [1.807, 2.05) is 0 Å². The third kappa shape index (κ3) is 4.73. The zero-order chi connectivity index (χ0) is 21.9. The summed E-state index contributed by atoms with van der Waals surface area (Å²) in [4.78, 5) is 30.7. The van der Waals surface area contributed by atoms with Gasteiger partial charge in [0.2, 0.25) is 5.91 Å². The molecule has 0 bridgehead atoms. The third-order valence-electron chi connectivity index (χ3n) is 7.24. The zero-order valence-corrected chi connectivity index (χ0v) is 18.8. The van der Waals surface area contributed by atoms with Crippen molar-refractivity contribution in [3.63, 3.8) is 0 Å². The minimum absolute atomic E-state index is 0.0518. The number of hydrogen-bond donors (Lipinski definition) is 0. The number of amides is 3. The molecule has 0 unspecified atom stereocenters. The molecule has 0 aromatic heterocycles. The lowest BCUT2D eigenvalue weighted by Gasteiger charge is -2.28. The van der Waals surface area contributed by atoms with Crippen molar-refractivity contribution in [1.82, 2.24) is 14.7 Å². The molecule has 0 atom stereocenters. The van der Waals surface area contributed by atoms with Crippen LogP contribution in [-0.4, -0.2) is 52.8 Å². The topological polar surface area (TPSA) is 43.9 Å². The SMILES string of the molecule is O=C1CN(Cc2ccc(-c3cccc(CN4CCCCC4)c3)cc2)C(=O)N1CC1CCC1. The summed E-state index contributed by atoms with van der Waals surface area (Å²) in [7, 11) is 0. The van der Waals surface area contributed by atoms with Crippen molar-refractivity contribution in [2.75, 3.05) is 26.2 Å². The van der Waals surface area contributed by atoms with Gasteiger partial charge in [-0.1, -0.05) is 55.3 Å². The number of piperidine rings is 1. The Morgan fingerprint density at radius 1 is 0.781 bits per heavy atom. The Kier molecular flexibility index (Phi) is 6.26. The Balaban J connectivity index is 1.21. The number of benzene rings is 2. The van der Waals surface area contributed by atoms with E-state index in [9.17, 15) is 9.59 Å². The highest BCUT2D eigenvalue weighted by atomic mass is 16.2. The number of carbonyl (C=O) groups excluding carboxylic acids is 2. The number of imide groups is 1. The van der Waals surface area contributed by atoms with Gasteiger partial charge in [-0.2, -0.15) is 0 Å². The van der Waals surface area contributed by atoms with Crippen molar-refractivity contribution in [1.29, 1.82) is 0 Å². The van der Waals surface area contributed by atoms with E-state index in [4.69, 9.17) is 0 Å². The average molecular weight is 432 g/mol. The van der Waals surface area contributed by atoms with E-state index in [0.717, 1.165) is 24.9 Å². The van der Waals surface area contributed by atoms with Crippen LogP contribution in [0.4, 0.5) is 4.79 Å². The van der Waals surface area contributed by atoms with Crippen molar-refractivity contribution in [2.24, 2.45) is 5.92 Å². The summed E-state index contributed by atoms with van der Waals surface area (Å²) in [5.41, 5.74) is 4.83. The van der Waals surface area contributed by atoms with Crippen LogP contribution in [0.1, 0.15) is 49.7 Å². The summed E-state index contributed by atoms with van der Waals surface area (Å²) in [6.45, 7) is 4.71. The van der Waals surface area contributed by atoms with E-state index >= 15 is 0 Å². The number of rotatable bonds is 7. The number of urea groups is 1. The smallest absolute Gasteiger partial charge is 0.311 e. The summed E-state index contributed by atoms with van der Waals surface area (Å²) < 4.78 is 0. The minimum Gasteiger partial charge on any atom is -0.311 e. The Hall–Kier alpha value is -2.66. The molecule has 3 aliphatic rings. The van der Waals surface area contributed by atoms with Gasteiger partial charge in [0.25, 0.3) is 0 Å². The maximum atomic E-state index is 12.7. The van der Waals surface area contributed by atoms with Gasteiger partial charge in [0.1, 0.15) is 6.54 Å². The lowest BCUT2D eigenvalue weighted by atomic mass is 9.85. The predicted molar refractivity (Wildman–Crippen MR) is 126 cm³/mol. The summed E-state index contributed by atoms with van der Waals surface area (Å²) in [5.74, 6) is 0.455. The first-order chi connectivity index (χ1) is 15.7. The van der Waals surface area contributed by atoms with Gasteiger partial charge in [0, 0.05) is 19.6 Å². The van der Waals surface area contributed by atoms with Crippen LogP contribution in [0.3, 0.4) is 0 Å². The molecule has 2 aromatic rings. The van der Waals surface area contributed by atoms with E-state index in [1.54, 1.807) is 4.90 Å². The van der Waals surface area contributed by atoms with Gasteiger partial charge in [-0.05, 0) is 73.0 Å². The van der Waals surface area contributed by atoms with Gasteiger partial charge in [-0.3, -0.25) is 14.6 Å². The number of carbonyl (C=O) groups is 2. The molecule has 5 nitrogen and oxygen atoms in total.